The molecule has 1 aliphatic rings. The van der Waals surface area contributed by atoms with Gasteiger partial charge in [-0.25, -0.2) is 21.6 Å². The highest BCUT2D eigenvalue weighted by Gasteiger charge is 2.27. The van der Waals surface area contributed by atoms with Crippen molar-refractivity contribution in [1.29, 1.82) is 5.26 Å². The van der Waals surface area contributed by atoms with E-state index in [1.165, 1.54) is 33.5 Å². The Balaban J connectivity index is 1.65. The van der Waals surface area contributed by atoms with Gasteiger partial charge in [0.15, 0.2) is 0 Å². The first-order valence-corrected chi connectivity index (χ1v) is 13.7. The van der Waals surface area contributed by atoms with Crippen molar-refractivity contribution >= 4 is 26.0 Å². The smallest absolute Gasteiger partial charge is 0.353 e. The summed E-state index contributed by atoms with van der Waals surface area (Å²) in [4.78, 5) is 13.0. The minimum atomic E-state index is -4.07. The number of carboxylic acids is 1. The average Bonchev–Trinajstić information content (AvgIpc) is 2.83. The number of nitrogens with zero attached hydrogens (tertiary/aromatic N) is 3. The molecule has 0 radical (unpaired) electrons. The fourth-order valence-corrected chi connectivity index (χ4v) is 5.09. The summed E-state index contributed by atoms with van der Waals surface area (Å²) >= 11 is 0. The summed E-state index contributed by atoms with van der Waals surface area (Å²) in [5, 5.41) is 18.5. The van der Waals surface area contributed by atoms with Gasteiger partial charge in [-0.2, -0.15) is 9.57 Å². The standard InChI is InChI=1S/C22H24N4O7S2/c1-34(29,30)26-11-9-25(10-12-26)21(22(27)28)15-24-35(31,32)20-7-5-19(6-8-20)33-16-18-4-2-3-17(13-18)14-23/h2-8,13,15,24H,9-12,16H2,1H3,(H,27,28)/b21-15-. The topological polar surface area (TPSA) is 157 Å². The summed E-state index contributed by atoms with van der Waals surface area (Å²) in [6.07, 6.45) is 1.97. The molecule has 186 valence electrons. The average molecular weight is 521 g/mol. The van der Waals surface area contributed by atoms with Crippen molar-refractivity contribution in [2.75, 3.05) is 32.4 Å². The second kappa shape index (κ2) is 10.8. The van der Waals surface area contributed by atoms with Gasteiger partial charge in [-0.15, -0.1) is 0 Å². The maximum absolute atomic E-state index is 12.7. The van der Waals surface area contributed by atoms with Gasteiger partial charge in [0.1, 0.15) is 18.1 Å². The zero-order chi connectivity index (χ0) is 25.6. The van der Waals surface area contributed by atoms with Crippen molar-refractivity contribution in [3.8, 4) is 11.8 Å². The van der Waals surface area contributed by atoms with Gasteiger partial charge in [-0.1, -0.05) is 12.1 Å². The summed E-state index contributed by atoms with van der Waals surface area (Å²) < 4.78 is 57.6. The molecule has 2 aromatic carbocycles. The zero-order valence-corrected chi connectivity index (χ0v) is 20.4. The highest BCUT2D eigenvalue weighted by Crippen LogP contribution is 2.18. The van der Waals surface area contributed by atoms with Crippen LogP contribution in [0.15, 0.2) is 65.3 Å². The van der Waals surface area contributed by atoms with Gasteiger partial charge < -0.3 is 14.7 Å². The number of sulfonamides is 2. The number of piperazine rings is 1. The highest BCUT2D eigenvalue weighted by molar-refractivity contribution is 7.89. The Kier molecular flexibility index (Phi) is 8.00. The van der Waals surface area contributed by atoms with Gasteiger partial charge in [0.25, 0.3) is 10.0 Å². The molecule has 3 rings (SSSR count). The van der Waals surface area contributed by atoms with Crippen LogP contribution in [0.2, 0.25) is 0 Å². The molecule has 0 amide bonds. The van der Waals surface area contributed by atoms with Crippen LogP contribution in [-0.4, -0.2) is 69.6 Å². The molecule has 11 nitrogen and oxygen atoms in total. The van der Waals surface area contributed by atoms with Gasteiger partial charge in [-0.3, -0.25) is 4.72 Å². The van der Waals surface area contributed by atoms with Crippen molar-refractivity contribution in [2.24, 2.45) is 0 Å². The third-order valence-corrected chi connectivity index (χ3v) is 7.84. The molecule has 1 fully saturated rings. The summed E-state index contributed by atoms with van der Waals surface area (Å²) in [5.74, 6) is -0.929. The van der Waals surface area contributed by atoms with Gasteiger partial charge in [0, 0.05) is 32.4 Å². The summed E-state index contributed by atoms with van der Waals surface area (Å²) in [7, 11) is -7.46. The Morgan fingerprint density at radius 2 is 1.77 bits per heavy atom. The van der Waals surface area contributed by atoms with Gasteiger partial charge >= 0.3 is 5.97 Å². The number of aliphatic carboxylic acids is 1. The van der Waals surface area contributed by atoms with E-state index in [-0.39, 0.29) is 43.4 Å². The van der Waals surface area contributed by atoms with Crippen LogP contribution in [-0.2, 0) is 31.4 Å². The molecule has 0 bridgehead atoms. The lowest BCUT2D eigenvalue weighted by Crippen LogP contribution is -2.49. The predicted molar refractivity (Wildman–Crippen MR) is 126 cm³/mol. The molecule has 1 heterocycles. The van der Waals surface area contributed by atoms with E-state index in [1.54, 1.807) is 24.3 Å². The van der Waals surface area contributed by atoms with E-state index >= 15 is 0 Å². The second-order valence-electron chi connectivity index (χ2n) is 7.68. The quantitative estimate of drug-likeness (QED) is 0.459. The number of carbonyl (C=O) groups is 1. The first-order chi connectivity index (χ1) is 16.5. The summed E-state index contributed by atoms with van der Waals surface area (Å²) in [6, 6.07) is 14.5. The number of nitriles is 1. The summed E-state index contributed by atoms with van der Waals surface area (Å²) in [6.45, 7) is 0.598. The number of carboxylic acid groups (broad SMARTS) is 1. The van der Waals surface area contributed by atoms with E-state index in [2.05, 4.69) is 4.72 Å². The van der Waals surface area contributed by atoms with Crippen LogP contribution in [0.25, 0.3) is 0 Å². The van der Waals surface area contributed by atoms with E-state index in [9.17, 15) is 26.7 Å². The van der Waals surface area contributed by atoms with Crippen LogP contribution in [0.4, 0.5) is 0 Å². The third-order valence-electron chi connectivity index (χ3n) is 5.21. The molecule has 2 N–H and O–H groups in total. The zero-order valence-electron chi connectivity index (χ0n) is 18.8. The van der Waals surface area contributed by atoms with E-state index < -0.39 is 26.0 Å². The van der Waals surface area contributed by atoms with Crippen molar-refractivity contribution in [3.63, 3.8) is 0 Å². The molecule has 0 aliphatic carbocycles. The second-order valence-corrected chi connectivity index (χ2v) is 11.4. The molecule has 0 spiro atoms. The van der Waals surface area contributed by atoms with Crippen molar-refractivity contribution in [3.05, 3.63) is 71.6 Å². The van der Waals surface area contributed by atoms with Crippen LogP contribution in [0, 0.1) is 11.3 Å². The van der Waals surface area contributed by atoms with Crippen molar-refractivity contribution < 1.29 is 31.5 Å². The minimum Gasteiger partial charge on any atom is -0.489 e. The molecule has 2 aromatic rings. The largest absolute Gasteiger partial charge is 0.489 e. The van der Waals surface area contributed by atoms with E-state index in [4.69, 9.17) is 10.00 Å². The predicted octanol–water partition coefficient (Wildman–Crippen LogP) is 0.919. The number of hydrogen-bond acceptors (Lipinski definition) is 8. The lowest BCUT2D eigenvalue weighted by atomic mass is 10.1. The third kappa shape index (κ3) is 6.95. The van der Waals surface area contributed by atoms with Crippen LogP contribution in [0.3, 0.4) is 0 Å². The van der Waals surface area contributed by atoms with Crippen LogP contribution < -0.4 is 9.46 Å². The summed E-state index contributed by atoms with van der Waals surface area (Å²) in [5.41, 5.74) is 0.997. The van der Waals surface area contributed by atoms with Crippen LogP contribution >= 0.6 is 0 Å². The molecule has 0 aromatic heterocycles. The minimum absolute atomic E-state index is 0.0957. The molecule has 13 heteroatoms. The first kappa shape index (κ1) is 26.0. The number of benzene rings is 2. The molecule has 0 unspecified atom stereocenters. The lowest BCUT2D eigenvalue weighted by Gasteiger charge is -2.34. The molecular formula is C22H24N4O7S2. The highest BCUT2D eigenvalue weighted by atomic mass is 32.2. The number of nitrogens with one attached hydrogen (secondary N) is 1. The Morgan fingerprint density at radius 3 is 2.34 bits per heavy atom. The van der Waals surface area contributed by atoms with Gasteiger partial charge in [0.2, 0.25) is 10.0 Å². The maximum atomic E-state index is 12.7. The SMILES string of the molecule is CS(=O)(=O)N1CCN(/C(=C\NS(=O)(=O)c2ccc(OCc3cccc(C#N)c3)cc2)C(=O)O)CC1. The van der Waals surface area contributed by atoms with Crippen LogP contribution in [0.5, 0.6) is 5.75 Å². The van der Waals surface area contributed by atoms with E-state index in [0.717, 1.165) is 18.0 Å². The Morgan fingerprint density at radius 1 is 1.11 bits per heavy atom. The Labute approximate surface area is 203 Å². The molecule has 0 atom stereocenters. The maximum Gasteiger partial charge on any atom is 0.353 e. The Hall–Kier alpha value is -3.60. The fourth-order valence-electron chi connectivity index (χ4n) is 3.36. The number of ether oxygens (including phenoxy) is 1. The van der Waals surface area contributed by atoms with E-state index in [0.29, 0.717) is 11.3 Å². The fraction of sp³-hybridized carbons (Fsp3) is 0.273. The lowest BCUT2D eigenvalue weighted by molar-refractivity contribution is -0.134. The van der Waals surface area contributed by atoms with E-state index in [1.807, 2.05) is 6.07 Å². The first-order valence-electron chi connectivity index (χ1n) is 10.4. The normalized spacial score (nSPS) is 15.3. The number of rotatable bonds is 9. The van der Waals surface area contributed by atoms with Gasteiger partial charge in [0.05, 0.1) is 22.8 Å². The molecule has 35 heavy (non-hydrogen) atoms. The van der Waals surface area contributed by atoms with Gasteiger partial charge in [-0.05, 0) is 42.0 Å². The van der Waals surface area contributed by atoms with Crippen LogP contribution in [0.1, 0.15) is 11.1 Å². The monoisotopic (exact) mass is 520 g/mol. The molecule has 1 aliphatic heterocycles. The molecule has 0 saturated carbocycles. The Bertz CT molecular complexity index is 1360. The van der Waals surface area contributed by atoms with Crippen molar-refractivity contribution in [1.82, 2.24) is 13.9 Å². The van der Waals surface area contributed by atoms with Crippen molar-refractivity contribution in [2.45, 2.75) is 11.5 Å². The number of hydrogen-bond donors (Lipinski definition) is 2. The molecule has 1 saturated heterocycles. The molecular weight excluding hydrogens is 496 g/mol.